The molecule has 2 atom stereocenters. The average molecular weight is 154 g/mol. The minimum atomic E-state index is -0.745. The third-order valence-electron chi connectivity index (χ3n) is 2.48. The summed E-state index contributed by atoms with van der Waals surface area (Å²) in [6, 6.07) is 0. The number of alkyl halides is 1. The van der Waals surface area contributed by atoms with Crippen molar-refractivity contribution in [3.8, 4) is 0 Å². The average Bonchev–Trinajstić information content (AvgIpc) is 2.01. The fourth-order valence-electron chi connectivity index (χ4n) is 1.35. The quantitative estimate of drug-likeness (QED) is 0.544. The summed E-state index contributed by atoms with van der Waals surface area (Å²) in [4.78, 5) is 0. The van der Waals surface area contributed by atoms with Crippen LogP contribution in [0.2, 0.25) is 0 Å². The first-order valence-electron chi connectivity index (χ1n) is 4.18. The Morgan fingerprint density at radius 3 is 2.64 bits per heavy atom. The van der Waals surface area contributed by atoms with Crippen LogP contribution in [0, 0.1) is 5.92 Å². The van der Waals surface area contributed by atoms with Crippen molar-refractivity contribution in [2.24, 2.45) is 5.92 Å². The van der Waals surface area contributed by atoms with E-state index in [0.29, 0.717) is 0 Å². The van der Waals surface area contributed by atoms with Gasteiger partial charge in [0.05, 0.1) is 0 Å². The van der Waals surface area contributed by atoms with Crippen molar-refractivity contribution in [2.45, 2.75) is 33.4 Å². The van der Waals surface area contributed by atoms with Crippen LogP contribution in [-0.4, -0.2) is 6.17 Å². The van der Waals surface area contributed by atoms with E-state index in [1.54, 1.807) is 0 Å². The van der Waals surface area contributed by atoms with Gasteiger partial charge in [0.2, 0.25) is 0 Å². The number of halogens is 1. The molecule has 0 aromatic rings. The van der Waals surface area contributed by atoms with Crippen molar-refractivity contribution in [1.82, 2.24) is 0 Å². The maximum absolute atomic E-state index is 13.4. The third kappa shape index (κ3) is 1.52. The van der Waals surface area contributed by atoms with E-state index in [9.17, 15) is 4.39 Å². The van der Waals surface area contributed by atoms with Gasteiger partial charge < -0.3 is 0 Å². The number of rotatable bonds is 1. The molecule has 1 heteroatoms. The van der Waals surface area contributed by atoms with Crippen molar-refractivity contribution in [1.29, 1.82) is 0 Å². The fourth-order valence-corrected chi connectivity index (χ4v) is 1.35. The maximum Gasteiger partial charge on any atom is 0.128 e. The maximum atomic E-state index is 13.4. The Labute approximate surface area is 67.8 Å². The zero-order chi connectivity index (χ0) is 8.43. The smallest absolute Gasteiger partial charge is 0.128 e. The molecule has 0 nitrogen and oxygen atoms in total. The summed E-state index contributed by atoms with van der Waals surface area (Å²) in [5.41, 5.74) is 2.08. The molecule has 0 N–H and O–H groups in total. The molecule has 0 saturated carbocycles. The molecule has 62 valence electrons. The Hall–Kier alpha value is -0.590. The standard InChI is InChI=1S/C10H15F/c1-4-9-6-5-7(2)8(3)10(9)11/h5-6,8,10H,4H2,1-3H3. The van der Waals surface area contributed by atoms with Gasteiger partial charge in [-0.1, -0.05) is 31.6 Å². The molecule has 0 amide bonds. The lowest BCUT2D eigenvalue weighted by molar-refractivity contribution is 0.301. The van der Waals surface area contributed by atoms with Crippen LogP contribution in [0.15, 0.2) is 23.3 Å². The third-order valence-corrected chi connectivity index (χ3v) is 2.48. The van der Waals surface area contributed by atoms with Crippen LogP contribution in [0.4, 0.5) is 4.39 Å². The van der Waals surface area contributed by atoms with Gasteiger partial charge in [-0.15, -0.1) is 0 Å². The summed E-state index contributed by atoms with van der Waals surface area (Å²) >= 11 is 0. The molecule has 0 bridgehead atoms. The van der Waals surface area contributed by atoms with Crippen LogP contribution >= 0.6 is 0 Å². The van der Waals surface area contributed by atoms with E-state index in [0.717, 1.165) is 17.6 Å². The van der Waals surface area contributed by atoms with Gasteiger partial charge in [0.25, 0.3) is 0 Å². The van der Waals surface area contributed by atoms with Crippen LogP contribution in [0.25, 0.3) is 0 Å². The molecule has 2 unspecified atom stereocenters. The van der Waals surface area contributed by atoms with E-state index in [-0.39, 0.29) is 5.92 Å². The van der Waals surface area contributed by atoms with E-state index < -0.39 is 6.17 Å². The van der Waals surface area contributed by atoms with Gasteiger partial charge in [0.15, 0.2) is 0 Å². The lowest BCUT2D eigenvalue weighted by atomic mass is 9.87. The van der Waals surface area contributed by atoms with Crippen molar-refractivity contribution in [3.63, 3.8) is 0 Å². The van der Waals surface area contributed by atoms with Crippen LogP contribution in [0.5, 0.6) is 0 Å². The molecule has 0 radical (unpaired) electrons. The SMILES string of the molecule is CCC1=CC=C(C)C(C)C1F. The van der Waals surface area contributed by atoms with Gasteiger partial charge in [-0.05, 0) is 18.9 Å². The van der Waals surface area contributed by atoms with Gasteiger partial charge in [0, 0.05) is 5.92 Å². The molecule has 0 heterocycles. The first-order valence-corrected chi connectivity index (χ1v) is 4.18. The second-order valence-corrected chi connectivity index (χ2v) is 3.20. The largest absolute Gasteiger partial charge is 0.242 e. The zero-order valence-corrected chi connectivity index (χ0v) is 7.39. The van der Waals surface area contributed by atoms with Crippen molar-refractivity contribution < 1.29 is 4.39 Å². The van der Waals surface area contributed by atoms with Gasteiger partial charge >= 0.3 is 0 Å². The Morgan fingerprint density at radius 2 is 2.09 bits per heavy atom. The molecule has 1 rings (SSSR count). The van der Waals surface area contributed by atoms with Crippen molar-refractivity contribution >= 4 is 0 Å². The monoisotopic (exact) mass is 154 g/mol. The number of hydrogen-bond acceptors (Lipinski definition) is 0. The summed E-state index contributed by atoms with van der Waals surface area (Å²) < 4.78 is 13.4. The minimum absolute atomic E-state index is 0.0787. The first kappa shape index (κ1) is 8.51. The highest BCUT2D eigenvalue weighted by molar-refractivity contribution is 5.28. The van der Waals surface area contributed by atoms with E-state index in [1.165, 1.54) is 0 Å². The van der Waals surface area contributed by atoms with Crippen molar-refractivity contribution in [3.05, 3.63) is 23.3 Å². The second-order valence-electron chi connectivity index (χ2n) is 3.20. The van der Waals surface area contributed by atoms with Gasteiger partial charge in [-0.2, -0.15) is 0 Å². The fraction of sp³-hybridized carbons (Fsp3) is 0.600. The van der Waals surface area contributed by atoms with E-state index >= 15 is 0 Å². The molecular formula is C10H15F. The van der Waals surface area contributed by atoms with Crippen LogP contribution in [-0.2, 0) is 0 Å². The number of allylic oxidation sites excluding steroid dienone is 4. The summed E-state index contributed by atoms with van der Waals surface area (Å²) in [5.74, 6) is 0.0787. The zero-order valence-electron chi connectivity index (χ0n) is 7.39. The minimum Gasteiger partial charge on any atom is -0.242 e. The van der Waals surface area contributed by atoms with E-state index in [4.69, 9.17) is 0 Å². The molecule has 1 aliphatic carbocycles. The molecule has 0 aromatic heterocycles. The Bertz CT molecular complexity index is 201. The molecule has 0 spiro atoms. The highest BCUT2D eigenvalue weighted by Crippen LogP contribution is 2.28. The van der Waals surface area contributed by atoms with Crippen molar-refractivity contribution in [2.75, 3.05) is 0 Å². The molecule has 0 fully saturated rings. The van der Waals surface area contributed by atoms with E-state index in [1.807, 2.05) is 32.9 Å². The molecule has 0 aromatic carbocycles. The summed E-state index contributed by atoms with van der Waals surface area (Å²) in [6.07, 6.45) is 4.03. The van der Waals surface area contributed by atoms with Gasteiger partial charge in [0.1, 0.15) is 6.17 Å². The molecule has 1 aliphatic rings. The lowest BCUT2D eigenvalue weighted by Gasteiger charge is -2.23. The number of hydrogen-bond donors (Lipinski definition) is 0. The first-order chi connectivity index (χ1) is 5.16. The van der Waals surface area contributed by atoms with Gasteiger partial charge in [-0.25, -0.2) is 4.39 Å². The molecular weight excluding hydrogens is 139 g/mol. The van der Waals surface area contributed by atoms with E-state index in [2.05, 4.69) is 0 Å². The highest BCUT2D eigenvalue weighted by Gasteiger charge is 2.23. The molecule has 11 heavy (non-hydrogen) atoms. The highest BCUT2D eigenvalue weighted by atomic mass is 19.1. The normalized spacial score (nSPS) is 31.3. The Kier molecular flexibility index (Phi) is 2.48. The predicted octanol–water partition coefficient (Wildman–Crippen LogP) is 3.26. The van der Waals surface area contributed by atoms with Crippen LogP contribution < -0.4 is 0 Å². The lowest BCUT2D eigenvalue weighted by Crippen LogP contribution is -2.18. The van der Waals surface area contributed by atoms with Crippen LogP contribution in [0.3, 0.4) is 0 Å². The van der Waals surface area contributed by atoms with Gasteiger partial charge in [-0.3, -0.25) is 0 Å². The molecule has 0 saturated heterocycles. The Balaban J connectivity index is 2.84. The predicted molar refractivity (Wildman–Crippen MR) is 46.2 cm³/mol. The summed E-state index contributed by atoms with van der Waals surface area (Å²) in [5, 5.41) is 0. The summed E-state index contributed by atoms with van der Waals surface area (Å²) in [7, 11) is 0. The molecule has 0 aliphatic heterocycles. The second kappa shape index (κ2) is 3.21. The summed E-state index contributed by atoms with van der Waals surface area (Å²) in [6.45, 7) is 5.93. The van der Waals surface area contributed by atoms with Crippen LogP contribution in [0.1, 0.15) is 27.2 Å². The topological polar surface area (TPSA) is 0 Å². The Morgan fingerprint density at radius 1 is 1.45 bits per heavy atom.